The van der Waals surface area contributed by atoms with E-state index in [-0.39, 0.29) is 5.91 Å². The predicted molar refractivity (Wildman–Crippen MR) is 45.9 cm³/mol. The lowest BCUT2D eigenvalue weighted by Gasteiger charge is -1.96. The fourth-order valence-corrected chi connectivity index (χ4v) is 0.813. The van der Waals surface area contributed by atoms with Crippen LogP contribution in [0.1, 0.15) is 11.7 Å². The molecular formula is C8H11N3O2. The third-order valence-corrected chi connectivity index (χ3v) is 1.40. The lowest BCUT2D eigenvalue weighted by Crippen LogP contribution is -2.23. The Hall–Kier alpha value is -1.65. The lowest BCUT2D eigenvalue weighted by atomic mass is 10.4. The van der Waals surface area contributed by atoms with Gasteiger partial charge >= 0.3 is 0 Å². The summed E-state index contributed by atoms with van der Waals surface area (Å²) in [4.78, 5) is 14.7. The van der Waals surface area contributed by atoms with Gasteiger partial charge in [-0.15, -0.1) is 0 Å². The Morgan fingerprint density at radius 2 is 2.54 bits per heavy atom. The summed E-state index contributed by atoms with van der Waals surface area (Å²) < 4.78 is 4.75. The third-order valence-electron chi connectivity index (χ3n) is 1.40. The second-order valence-corrected chi connectivity index (χ2v) is 2.47. The molecule has 0 aliphatic rings. The monoisotopic (exact) mass is 181 g/mol. The van der Waals surface area contributed by atoms with Gasteiger partial charge in [0.15, 0.2) is 5.82 Å². The molecule has 0 bridgehead atoms. The Bertz CT molecular complexity index is 306. The van der Waals surface area contributed by atoms with Crippen LogP contribution < -0.4 is 5.32 Å². The van der Waals surface area contributed by atoms with Crippen LogP contribution in [0.25, 0.3) is 0 Å². The van der Waals surface area contributed by atoms with Crippen LogP contribution >= 0.6 is 0 Å². The summed E-state index contributed by atoms with van der Waals surface area (Å²) in [5.41, 5.74) is 0. The number of hydrogen-bond donors (Lipinski definition) is 1. The minimum absolute atomic E-state index is 0.194. The fraction of sp³-hybridized carbons (Fsp3) is 0.375. The number of carbonyl (C=O) groups excluding carboxylic acids is 1. The van der Waals surface area contributed by atoms with Crippen molar-refractivity contribution in [2.45, 2.75) is 13.3 Å². The highest BCUT2D eigenvalue weighted by molar-refractivity contribution is 5.86. The number of aromatic nitrogens is 2. The van der Waals surface area contributed by atoms with Gasteiger partial charge in [-0.1, -0.05) is 11.7 Å². The average Bonchev–Trinajstić information content (AvgIpc) is 2.51. The Kier molecular flexibility index (Phi) is 3.19. The van der Waals surface area contributed by atoms with Crippen molar-refractivity contribution in [3.05, 3.63) is 24.4 Å². The van der Waals surface area contributed by atoms with E-state index in [0.29, 0.717) is 24.7 Å². The molecule has 1 amide bonds. The molecule has 0 aliphatic carbocycles. The van der Waals surface area contributed by atoms with Crippen LogP contribution in [0.3, 0.4) is 0 Å². The smallest absolute Gasteiger partial charge is 0.243 e. The average molecular weight is 181 g/mol. The summed E-state index contributed by atoms with van der Waals surface area (Å²) in [5, 5.41) is 6.29. The first-order valence-corrected chi connectivity index (χ1v) is 3.92. The molecule has 0 aliphatic heterocycles. The van der Waals surface area contributed by atoms with Crippen molar-refractivity contribution < 1.29 is 9.32 Å². The largest absolute Gasteiger partial charge is 0.352 e. The van der Waals surface area contributed by atoms with Gasteiger partial charge in [-0.3, -0.25) is 4.79 Å². The van der Waals surface area contributed by atoms with Crippen LogP contribution in [0.15, 0.2) is 17.2 Å². The maximum Gasteiger partial charge on any atom is 0.243 e. The Morgan fingerprint density at radius 1 is 1.77 bits per heavy atom. The third kappa shape index (κ3) is 3.06. The summed E-state index contributed by atoms with van der Waals surface area (Å²) in [7, 11) is 0. The van der Waals surface area contributed by atoms with Gasteiger partial charge in [0.25, 0.3) is 0 Å². The first kappa shape index (κ1) is 9.44. The number of aryl methyl sites for hydroxylation is 1. The van der Waals surface area contributed by atoms with E-state index in [2.05, 4.69) is 22.0 Å². The lowest BCUT2D eigenvalue weighted by molar-refractivity contribution is -0.116. The van der Waals surface area contributed by atoms with E-state index in [1.807, 2.05) is 0 Å². The molecule has 0 aromatic carbocycles. The van der Waals surface area contributed by atoms with Crippen LogP contribution in [0.4, 0.5) is 0 Å². The topological polar surface area (TPSA) is 68.0 Å². The number of hydrogen-bond acceptors (Lipinski definition) is 4. The molecule has 0 saturated heterocycles. The number of amides is 1. The molecule has 13 heavy (non-hydrogen) atoms. The molecule has 0 unspecified atom stereocenters. The van der Waals surface area contributed by atoms with E-state index in [0.717, 1.165) is 0 Å². The number of nitrogens with zero attached hydrogens (tertiary/aromatic N) is 2. The maximum absolute atomic E-state index is 10.7. The highest BCUT2D eigenvalue weighted by Crippen LogP contribution is 1.94. The van der Waals surface area contributed by atoms with Crippen molar-refractivity contribution in [3.63, 3.8) is 0 Å². The van der Waals surface area contributed by atoms with Gasteiger partial charge in [0, 0.05) is 19.9 Å². The van der Waals surface area contributed by atoms with Crippen LogP contribution in [-0.2, 0) is 11.2 Å². The summed E-state index contributed by atoms with van der Waals surface area (Å²) in [6.07, 6.45) is 1.79. The number of nitrogens with one attached hydrogen (secondary N) is 1. The van der Waals surface area contributed by atoms with E-state index in [4.69, 9.17) is 4.52 Å². The Balaban J connectivity index is 2.27. The summed E-state index contributed by atoms with van der Waals surface area (Å²) in [6, 6.07) is 0. The van der Waals surface area contributed by atoms with Crippen molar-refractivity contribution in [2.24, 2.45) is 0 Å². The van der Waals surface area contributed by atoms with Gasteiger partial charge in [-0.05, 0) is 6.08 Å². The Morgan fingerprint density at radius 3 is 3.08 bits per heavy atom. The fourth-order valence-electron chi connectivity index (χ4n) is 0.813. The molecule has 1 aromatic heterocycles. The van der Waals surface area contributed by atoms with Crippen molar-refractivity contribution in [1.29, 1.82) is 0 Å². The molecule has 1 aromatic rings. The first-order chi connectivity index (χ1) is 6.22. The molecule has 0 radical (unpaired) electrons. The van der Waals surface area contributed by atoms with E-state index >= 15 is 0 Å². The molecule has 0 saturated carbocycles. The molecule has 70 valence electrons. The summed E-state index contributed by atoms with van der Waals surface area (Å²) in [5.74, 6) is 0.937. The normalized spacial score (nSPS) is 9.62. The second kappa shape index (κ2) is 4.39. The zero-order chi connectivity index (χ0) is 9.68. The first-order valence-electron chi connectivity index (χ1n) is 3.92. The molecule has 1 heterocycles. The second-order valence-electron chi connectivity index (χ2n) is 2.47. The highest BCUT2D eigenvalue weighted by Gasteiger charge is 2.01. The minimum atomic E-state index is -0.194. The maximum atomic E-state index is 10.7. The zero-order valence-corrected chi connectivity index (χ0v) is 7.41. The number of rotatable bonds is 4. The van der Waals surface area contributed by atoms with Gasteiger partial charge in [0.05, 0.1) is 0 Å². The van der Waals surface area contributed by atoms with Gasteiger partial charge in [0.1, 0.15) is 0 Å². The van der Waals surface area contributed by atoms with Gasteiger partial charge < -0.3 is 9.84 Å². The molecule has 5 heteroatoms. The Labute approximate surface area is 75.8 Å². The van der Waals surface area contributed by atoms with Crippen molar-refractivity contribution >= 4 is 5.91 Å². The van der Waals surface area contributed by atoms with Crippen LogP contribution in [0, 0.1) is 6.92 Å². The summed E-state index contributed by atoms with van der Waals surface area (Å²) in [6.45, 7) is 5.54. The van der Waals surface area contributed by atoms with Gasteiger partial charge in [0.2, 0.25) is 11.8 Å². The molecule has 1 rings (SSSR count). The van der Waals surface area contributed by atoms with Crippen LogP contribution in [0.5, 0.6) is 0 Å². The molecule has 1 N–H and O–H groups in total. The molecular weight excluding hydrogens is 170 g/mol. The molecule has 0 fully saturated rings. The highest BCUT2D eigenvalue weighted by atomic mass is 16.5. The zero-order valence-electron chi connectivity index (χ0n) is 7.41. The standard InChI is InChI=1S/C8H11N3O2/c1-3-8(12)9-5-4-7-10-6(2)13-11-7/h3H,1,4-5H2,2H3,(H,9,12). The predicted octanol–water partition coefficient (Wildman–Crippen LogP) is 0.223. The molecule has 0 spiro atoms. The van der Waals surface area contributed by atoms with Gasteiger partial charge in [-0.2, -0.15) is 4.98 Å². The van der Waals surface area contributed by atoms with Crippen LogP contribution in [-0.4, -0.2) is 22.6 Å². The van der Waals surface area contributed by atoms with E-state index < -0.39 is 0 Å². The minimum Gasteiger partial charge on any atom is -0.352 e. The summed E-state index contributed by atoms with van der Waals surface area (Å²) >= 11 is 0. The quantitative estimate of drug-likeness (QED) is 0.675. The number of carbonyl (C=O) groups is 1. The molecule has 0 atom stereocenters. The van der Waals surface area contributed by atoms with E-state index in [1.54, 1.807) is 6.92 Å². The molecule has 5 nitrogen and oxygen atoms in total. The van der Waals surface area contributed by atoms with Crippen molar-refractivity contribution in [1.82, 2.24) is 15.5 Å². The SMILES string of the molecule is C=CC(=O)NCCc1noc(C)n1. The van der Waals surface area contributed by atoms with E-state index in [9.17, 15) is 4.79 Å². The van der Waals surface area contributed by atoms with Crippen molar-refractivity contribution in [3.8, 4) is 0 Å². The van der Waals surface area contributed by atoms with Crippen LogP contribution in [0.2, 0.25) is 0 Å². The van der Waals surface area contributed by atoms with E-state index in [1.165, 1.54) is 6.08 Å². The van der Waals surface area contributed by atoms with Crippen molar-refractivity contribution in [2.75, 3.05) is 6.54 Å². The van der Waals surface area contributed by atoms with Gasteiger partial charge in [-0.25, -0.2) is 0 Å².